The summed E-state index contributed by atoms with van der Waals surface area (Å²) in [5.41, 5.74) is 2.38. The largest absolute Gasteiger partial charge is 0.340 e. The van der Waals surface area contributed by atoms with Gasteiger partial charge in [0.15, 0.2) is 0 Å². The predicted octanol–water partition coefficient (Wildman–Crippen LogP) is 3.89. The molecule has 1 amide bonds. The van der Waals surface area contributed by atoms with Crippen LogP contribution in [0, 0.1) is 17.7 Å². The highest BCUT2D eigenvalue weighted by molar-refractivity contribution is 6.31. The quantitative estimate of drug-likeness (QED) is 0.428. The molecule has 2 N–H and O–H groups in total. The summed E-state index contributed by atoms with van der Waals surface area (Å²) in [5, 5.41) is 6.62. The summed E-state index contributed by atoms with van der Waals surface area (Å²) < 4.78 is 13.5. The molecule has 0 bridgehead atoms. The Kier molecular flexibility index (Phi) is 7.38. The zero-order chi connectivity index (χ0) is 24.1. The molecule has 1 aliphatic rings. The van der Waals surface area contributed by atoms with E-state index in [0.29, 0.717) is 40.2 Å². The Hall–Kier alpha value is -3.51. The third-order valence-electron chi connectivity index (χ3n) is 5.52. The number of hydrogen-bond donors (Lipinski definition) is 2. The molecule has 0 aliphatic carbocycles. The molecular formula is C25H24ClFN6O. The third kappa shape index (κ3) is 5.69. The molecule has 2 aromatic carbocycles. The minimum atomic E-state index is -0.506. The van der Waals surface area contributed by atoms with Crippen LogP contribution in [0.4, 0.5) is 21.6 Å². The van der Waals surface area contributed by atoms with Gasteiger partial charge in [0.25, 0.3) is 0 Å². The maximum absolute atomic E-state index is 13.5. The van der Waals surface area contributed by atoms with Crippen LogP contribution in [0.1, 0.15) is 5.56 Å². The lowest BCUT2D eigenvalue weighted by atomic mass is 10.1. The van der Waals surface area contributed by atoms with Crippen molar-refractivity contribution in [1.82, 2.24) is 19.8 Å². The molecule has 3 aromatic rings. The van der Waals surface area contributed by atoms with E-state index >= 15 is 0 Å². The fraction of sp³-hybridized carbons (Fsp3) is 0.240. The molecule has 0 unspecified atom stereocenters. The Labute approximate surface area is 202 Å². The van der Waals surface area contributed by atoms with E-state index in [1.54, 1.807) is 12.1 Å². The third-order valence-corrected chi connectivity index (χ3v) is 5.81. The number of benzene rings is 2. The van der Waals surface area contributed by atoms with Gasteiger partial charge >= 0.3 is 0 Å². The molecule has 1 aliphatic heterocycles. The first-order chi connectivity index (χ1) is 16.4. The Morgan fingerprint density at radius 1 is 1.24 bits per heavy atom. The number of amides is 1. The van der Waals surface area contributed by atoms with Crippen LogP contribution in [0.5, 0.6) is 0 Å². The lowest BCUT2D eigenvalue weighted by Crippen LogP contribution is -2.44. The Balaban J connectivity index is 1.66. The van der Waals surface area contributed by atoms with Gasteiger partial charge in [0.2, 0.25) is 5.91 Å². The average Bonchev–Trinajstić information content (AvgIpc) is 2.83. The van der Waals surface area contributed by atoms with Gasteiger partial charge in [0.1, 0.15) is 18.0 Å². The van der Waals surface area contributed by atoms with Crippen molar-refractivity contribution in [3.8, 4) is 11.8 Å². The summed E-state index contributed by atoms with van der Waals surface area (Å²) in [6.45, 7) is 8.15. The van der Waals surface area contributed by atoms with Crippen molar-refractivity contribution < 1.29 is 9.18 Å². The molecule has 1 aromatic heterocycles. The maximum Gasteiger partial charge on any atom is 0.247 e. The van der Waals surface area contributed by atoms with Crippen LogP contribution in [-0.4, -0.2) is 65.4 Å². The number of halogens is 2. The first kappa shape index (κ1) is 23.6. The Morgan fingerprint density at radius 3 is 2.76 bits per heavy atom. The van der Waals surface area contributed by atoms with Gasteiger partial charge in [-0.15, -0.1) is 0 Å². The van der Waals surface area contributed by atoms with Gasteiger partial charge in [0, 0.05) is 37.3 Å². The summed E-state index contributed by atoms with van der Waals surface area (Å²) >= 11 is 5.90. The fourth-order valence-electron chi connectivity index (χ4n) is 3.56. The highest BCUT2D eigenvalue weighted by Gasteiger charge is 2.13. The van der Waals surface area contributed by atoms with Crippen LogP contribution in [0.3, 0.4) is 0 Å². The first-order valence-corrected chi connectivity index (χ1v) is 11.1. The molecule has 0 radical (unpaired) electrons. The Bertz CT molecular complexity index is 1290. The van der Waals surface area contributed by atoms with Crippen molar-refractivity contribution in [2.45, 2.75) is 0 Å². The summed E-state index contributed by atoms with van der Waals surface area (Å²) in [5.74, 6) is 6.03. The van der Waals surface area contributed by atoms with E-state index in [1.807, 2.05) is 6.07 Å². The minimum absolute atomic E-state index is 0.000193. The number of nitrogens with one attached hydrogen (secondary N) is 2. The van der Waals surface area contributed by atoms with Gasteiger partial charge in [-0.2, -0.15) is 0 Å². The molecule has 2 heterocycles. The zero-order valence-corrected chi connectivity index (χ0v) is 19.5. The van der Waals surface area contributed by atoms with Crippen LogP contribution < -0.4 is 10.6 Å². The molecule has 0 saturated carbocycles. The van der Waals surface area contributed by atoms with Crippen LogP contribution >= 0.6 is 11.6 Å². The molecule has 174 valence electrons. The summed E-state index contributed by atoms with van der Waals surface area (Å²) in [6, 6.07) is 7.90. The number of likely N-dealkylation sites (N-methyl/N-ethyl adjacent to an activating group) is 1. The number of aromatic nitrogens is 2. The highest BCUT2D eigenvalue weighted by Crippen LogP contribution is 2.29. The van der Waals surface area contributed by atoms with Crippen LogP contribution in [0.25, 0.3) is 10.9 Å². The van der Waals surface area contributed by atoms with Crippen molar-refractivity contribution in [3.05, 3.63) is 65.7 Å². The first-order valence-electron chi connectivity index (χ1n) is 10.8. The topological polar surface area (TPSA) is 73.4 Å². The number of piperazine rings is 1. The van der Waals surface area contributed by atoms with Crippen molar-refractivity contribution in [2.24, 2.45) is 0 Å². The smallest absolute Gasteiger partial charge is 0.247 e. The maximum atomic E-state index is 13.5. The second-order valence-electron chi connectivity index (χ2n) is 7.97. The molecule has 9 heteroatoms. The van der Waals surface area contributed by atoms with Crippen molar-refractivity contribution >= 4 is 45.6 Å². The summed E-state index contributed by atoms with van der Waals surface area (Å²) in [6.07, 6.45) is 2.63. The minimum Gasteiger partial charge on any atom is -0.340 e. The molecule has 1 fully saturated rings. The van der Waals surface area contributed by atoms with E-state index in [4.69, 9.17) is 11.6 Å². The number of fused-ring (bicyclic) bond motifs is 1. The van der Waals surface area contributed by atoms with Crippen LogP contribution in [0.2, 0.25) is 5.02 Å². The second-order valence-corrected chi connectivity index (χ2v) is 8.37. The summed E-state index contributed by atoms with van der Waals surface area (Å²) in [4.78, 5) is 25.4. The van der Waals surface area contributed by atoms with Gasteiger partial charge < -0.3 is 15.5 Å². The molecule has 34 heavy (non-hydrogen) atoms. The van der Waals surface area contributed by atoms with Crippen LogP contribution in [-0.2, 0) is 4.79 Å². The Morgan fingerprint density at radius 2 is 2.03 bits per heavy atom. The molecule has 0 spiro atoms. The molecule has 7 nitrogen and oxygen atoms in total. The number of anilines is 3. The van der Waals surface area contributed by atoms with Crippen molar-refractivity contribution in [2.75, 3.05) is 50.4 Å². The number of carbonyl (C=O) groups is 1. The lowest BCUT2D eigenvalue weighted by Gasteiger charge is -2.30. The van der Waals surface area contributed by atoms with E-state index < -0.39 is 5.82 Å². The molecule has 4 rings (SSSR count). The number of hydrogen-bond acceptors (Lipinski definition) is 6. The SMILES string of the molecule is C=CC(=O)Nc1cc2c(Nc3ccc(F)c(Cl)c3)ncnc2cc1C#CCN1CCN(C)CC1. The monoisotopic (exact) mass is 478 g/mol. The summed E-state index contributed by atoms with van der Waals surface area (Å²) in [7, 11) is 2.11. The van der Waals surface area contributed by atoms with Crippen molar-refractivity contribution in [1.29, 1.82) is 0 Å². The number of rotatable bonds is 5. The fourth-order valence-corrected chi connectivity index (χ4v) is 3.74. The van der Waals surface area contributed by atoms with E-state index in [1.165, 1.54) is 24.5 Å². The average molecular weight is 479 g/mol. The highest BCUT2D eigenvalue weighted by atomic mass is 35.5. The molecule has 1 saturated heterocycles. The second kappa shape index (κ2) is 10.6. The standard InChI is InChI=1S/C25H24ClFN6O/c1-3-24(34)31-22-15-19-23(13-17(22)5-4-8-33-11-9-32(2)10-12-33)28-16-29-25(19)30-18-6-7-21(27)20(26)14-18/h3,6-7,13-16H,1,8-12H2,2H3,(H,31,34)(H,28,29,30). The van der Waals surface area contributed by atoms with Crippen LogP contribution in [0.15, 0.2) is 49.3 Å². The molecule has 0 atom stereocenters. The van der Waals surface area contributed by atoms with Gasteiger partial charge in [-0.25, -0.2) is 14.4 Å². The van der Waals surface area contributed by atoms with E-state index in [2.05, 4.69) is 55.9 Å². The predicted molar refractivity (Wildman–Crippen MR) is 134 cm³/mol. The van der Waals surface area contributed by atoms with E-state index in [0.717, 1.165) is 26.2 Å². The van der Waals surface area contributed by atoms with Gasteiger partial charge in [0.05, 0.1) is 28.3 Å². The van der Waals surface area contributed by atoms with Gasteiger partial charge in [-0.1, -0.05) is 30.0 Å². The number of nitrogens with zero attached hydrogens (tertiary/aromatic N) is 4. The zero-order valence-electron chi connectivity index (χ0n) is 18.7. The van der Waals surface area contributed by atoms with Gasteiger partial charge in [-0.05, 0) is 43.5 Å². The normalized spacial score (nSPS) is 14.3. The van der Waals surface area contributed by atoms with E-state index in [9.17, 15) is 9.18 Å². The number of carbonyl (C=O) groups excluding carboxylic acids is 1. The van der Waals surface area contributed by atoms with Gasteiger partial charge in [-0.3, -0.25) is 9.69 Å². The van der Waals surface area contributed by atoms with E-state index in [-0.39, 0.29) is 10.9 Å². The molecular weight excluding hydrogens is 455 g/mol. The van der Waals surface area contributed by atoms with Crippen molar-refractivity contribution in [3.63, 3.8) is 0 Å². The lowest BCUT2D eigenvalue weighted by molar-refractivity contribution is -0.111.